The first-order chi connectivity index (χ1) is 8.90. The fourth-order valence-electron chi connectivity index (χ4n) is 4.02. The molecule has 0 saturated heterocycles. The Labute approximate surface area is 117 Å². The first-order valence-electron chi connectivity index (χ1n) is 7.83. The average molecular weight is 264 g/mol. The van der Waals surface area contributed by atoms with Gasteiger partial charge >= 0.3 is 0 Å². The molecule has 108 valence electrons. The fourth-order valence-corrected chi connectivity index (χ4v) is 4.02. The predicted octanol–water partition coefficient (Wildman–Crippen LogP) is 3.74. The lowest BCUT2D eigenvalue weighted by Crippen LogP contribution is -2.50. The minimum absolute atomic E-state index is 0.217. The zero-order chi connectivity index (χ0) is 14.2. The minimum Gasteiger partial charge on any atom is -0.393 e. The van der Waals surface area contributed by atoms with Crippen LogP contribution >= 0.6 is 0 Å². The first-order valence-corrected chi connectivity index (χ1v) is 7.83. The predicted molar refractivity (Wildman–Crippen MR) is 77.8 cm³/mol. The number of allylic oxidation sites excluding steroid dienone is 2. The molecular weight excluding hydrogens is 236 g/mol. The van der Waals surface area contributed by atoms with Crippen molar-refractivity contribution in [3.05, 3.63) is 11.6 Å². The van der Waals surface area contributed by atoms with E-state index in [4.69, 9.17) is 0 Å². The summed E-state index contributed by atoms with van der Waals surface area (Å²) in [6.45, 7) is 8.59. The molecule has 2 nitrogen and oxygen atoms in total. The minimum atomic E-state index is -0.226. The third-order valence-electron chi connectivity index (χ3n) is 5.68. The summed E-state index contributed by atoms with van der Waals surface area (Å²) in [5.41, 5.74) is 0.826. The number of rotatable bonds is 2. The Balaban J connectivity index is 2.25. The molecule has 2 fully saturated rings. The number of hydrogen-bond acceptors (Lipinski definition) is 2. The van der Waals surface area contributed by atoms with Gasteiger partial charge in [0.25, 0.3) is 0 Å². The second-order valence-corrected chi connectivity index (χ2v) is 6.93. The quantitative estimate of drug-likeness (QED) is 0.772. The number of fused-ring (bicyclic) bond motifs is 1. The van der Waals surface area contributed by atoms with E-state index in [0.717, 1.165) is 37.7 Å². The molecular formula is C17H28O2. The van der Waals surface area contributed by atoms with Gasteiger partial charge in [-0.25, -0.2) is 0 Å². The average Bonchev–Trinajstić information content (AvgIpc) is 2.39. The second-order valence-electron chi connectivity index (χ2n) is 6.93. The number of hydrogen-bond donors (Lipinski definition) is 1. The van der Waals surface area contributed by atoms with Crippen LogP contribution in [0.25, 0.3) is 0 Å². The Hall–Kier alpha value is -0.630. The molecule has 2 saturated carbocycles. The van der Waals surface area contributed by atoms with E-state index in [0.29, 0.717) is 17.6 Å². The van der Waals surface area contributed by atoms with Gasteiger partial charge in [-0.15, -0.1) is 0 Å². The molecule has 4 unspecified atom stereocenters. The smallest absolute Gasteiger partial charge is 0.164 e. The number of ketones is 1. The second kappa shape index (κ2) is 5.40. The van der Waals surface area contributed by atoms with Gasteiger partial charge in [-0.2, -0.15) is 0 Å². The topological polar surface area (TPSA) is 37.3 Å². The van der Waals surface area contributed by atoms with Crippen LogP contribution in [0, 0.1) is 23.2 Å². The lowest BCUT2D eigenvalue weighted by atomic mass is 9.54. The maximum absolute atomic E-state index is 12.8. The van der Waals surface area contributed by atoms with Crippen molar-refractivity contribution in [3.63, 3.8) is 0 Å². The summed E-state index contributed by atoms with van der Waals surface area (Å²) >= 11 is 0. The Bertz CT molecular complexity index is 385. The van der Waals surface area contributed by atoms with Crippen molar-refractivity contribution in [3.8, 4) is 0 Å². The van der Waals surface area contributed by atoms with Gasteiger partial charge in [0, 0.05) is 5.41 Å². The molecule has 0 bridgehead atoms. The molecule has 0 radical (unpaired) electrons. The van der Waals surface area contributed by atoms with Crippen LogP contribution in [0.5, 0.6) is 0 Å². The maximum atomic E-state index is 12.8. The van der Waals surface area contributed by atoms with Crippen LogP contribution in [0.2, 0.25) is 0 Å². The highest BCUT2D eigenvalue weighted by atomic mass is 16.3. The summed E-state index contributed by atoms with van der Waals surface area (Å²) in [5.74, 6) is 1.47. The SMILES string of the molecule is CCC(C)C=C1CCC2C(C)C(O)CC[C@]2(C)C1=O. The zero-order valence-electron chi connectivity index (χ0n) is 12.8. The molecule has 2 heteroatoms. The third kappa shape index (κ3) is 2.52. The van der Waals surface area contributed by atoms with Gasteiger partial charge in [-0.3, -0.25) is 4.79 Å². The molecule has 5 atom stereocenters. The molecule has 1 N–H and O–H groups in total. The van der Waals surface area contributed by atoms with E-state index >= 15 is 0 Å². The van der Waals surface area contributed by atoms with Gasteiger partial charge in [0.2, 0.25) is 0 Å². The lowest BCUT2D eigenvalue weighted by Gasteiger charge is -2.49. The van der Waals surface area contributed by atoms with Crippen molar-refractivity contribution in [1.29, 1.82) is 0 Å². The van der Waals surface area contributed by atoms with E-state index in [1.165, 1.54) is 0 Å². The molecule has 19 heavy (non-hydrogen) atoms. The van der Waals surface area contributed by atoms with Crippen LogP contribution in [0.4, 0.5) is 0 Å². The molecule has 2 aliphatic carbocycles. The highest BCUT2D eigenvalue weighted by Gasteiger charge is 2.51. The largest absolute Gasteiger partial charge is 0.393 e. The Morgan fingerprint density at radius 1 is 1.47 bits per heavy atom. The normalized spacial score (nSPS) is 43.1. The van der Waals surface area contributed by atoms with Gasteiger partial charge in [0.15, 0.2) is 5.78 Å². The standard InChI is InChI=1S/C17H28O2/c1-5-11(2)10-13-6-7-14-12(3)15(18)8-9-17(14,4)16(13)19/h10-12,14-15,18H,5-9H2,1-4H3/t11?,12?,14?,15?,17-/m0/s1. The van der Waals surface area contributed by atoms with Gasteiger partial charge in [0.1, 0.15) is 0 Å². The number of carbonyl (C=O) groups excluding carboxylic acids is 1. The van der Waals surface area contributed by atoms with Crippen LogP contribution in [0.1, 0.15) is 59.8 Å². The van der Waals surface area contributed by atoms with Crippen molar-refractivity contribution in [1.82, 2.24) is 0 Å². The molecule has 0 aromatic carbocycles. The van der Waals surface area contributed by atoms with Crippen molar-refractivity contribution in [2.75, 3.05) is 0 Å². The van der Waals surface area contributed by atoms with Gasteiger partial charge in [0.05, 0.1) is 6.10 Å². The van der Waals surface area contributed by atoms with Crippen molar-refractivity contribution in [2.24, 2.45) is 23.2 Å². The Morgan fingerprint density at radius 3 is 2.79 bits per heavy atom. The highest BCUT2D eigenvalue weighted by molar-refractivity contribution is 6.00. The summed E-state index contributed by atoms with van der Waals surface area (Å²) in [5, 5.41) is 10.0. The zero-order valence-corrected chi connectivity index (χ0v) is 12.8. The number of aliphatic hydroxyl groups excluding tert-OH is 1. The van der Waals surface area contributed by atoms with E-state index in [2.05, 4.69) is 33.8 Å². The molecule has 2 rings (SSSR count). The summed E-state index contributed by atoms with van der Waals surface area (Å²) in [4.78, 5) is 12.8. The van der Waals surface area contributed by atoms with E-state index in [1.54, 1.807) is 0 Å². The van der Waals surface area contributed by atoms with Crippen molar-refractivity contribution in [2.45, 2.75) is 65.9 Å². The van der Waals surface area contributed by atoms with E-state index in [-0.39, 0.29) is 17.4 Å². The summed E-state index contributed by atoms with van der Waals surface area (Å²) in [6.07, 6.45) is 6.65. The highest BCUT2D eigenvalue weighted by Crippen LogP contribution is 2.52. The monoisotopic (exact) mass is 264 g/mol. The van der Waals surface area contributed by atoms with Crippen LogP contribution in [-0.4, -0.2) is 17.0 Å². The fraction of sp³-hybridized carbons (Fsp3) is 0.824. The van der Waals surface area contributed by atoms with Gasteiger partial charge in [-0.05, 0) is 49.0 Å². The Kier molecular flexibility index (Phi) is 4.20. The summed E-state index contributed by atoms with van der Waals surface area (Å²) < 4.78 is 0. The lowest BCUT2D eigenvalue weighted by molar-refractivity contribution is -0.138. The summed E-state index contributed by atoms with van der Waals surface area (Å²) in [7, 11) is 0. The van der Waals surface area contributed by atoms with Gasteiger partial charge < -0.3 is 5.11 Å². The van der Waals surface area contributed by atoms with Gasteiger partial charge in [-0.1, -0.05) is 40.2 Å². The molecule has 0 aromatic heterocycles. The van der Waals surface area contributed by atoms with Crippen LogP contribution in [0.15, 0.2) is 11.6 Å². The van der Waals surface area contributed by atoms with Crippen molar-refractivity contribution >= 4 is 5.78 Å². The van der Waals surface area contributed by atoms with Crippen LogP contribution < -0.4 is 0 Å². The molecule has 0 amide bonds. The first kappa shape index (κ1) is 14.8. The van der Waals surface area contributed by atoms with Crippen molar-refractivity contribution < 1.29 is 9.90 Å². The van der Waals surface area contributed by atoms with Crippen LogP contribution in [-0.2, 0) is 4.79 Å². The number of Topliss-reactive ketones (excluding diaryl/α,β-unsaturated/α-hetero) is 1. The molecule has 2 aliphatic rings. The van der Waals surface area contributed by atoms with Crippen LogP contribution in [0.3, 0.4) is 0 Å². The van der Waals surface area contributed by atoms with E-state index in [9.17, 15) is 9.90 Å². The number of aliphatic hydroxyl groups is 1. The molecule has 0 spiro atoms. The van der Waals surface area contributed by atoms with E-state index < -0.39 is 0 Å². The molecule has 0 aliphatic heterocycles. The molecule has 0 heterocycles. The van der Waals surface area contributed by atoms with E-state index in [1.807, 2.05) is 0 Å². The maximum Gasteiger partial charge on any atom is 0.164 e. The Morgan fingerprint density at radius 2 is 2.16 bits per heavy atom. The summed E-state index contributed by atoms with van der Waals surface area (Å²) in [6, 6.07) is 0. The third-order valence-corrected chi connectivity index (χ3v) is 5.68. The molecule has 0 aromatic rings. The number of carbonyl (C=O) groups is 1.